The molecular weight excluding hydrogens is 232 g/mol. The Morgan fingerprint density at radius 2 is 1.50 bits per heavy atom. The maximum atomic E-state index is 9.57. The third-order valence-electron chi connectivity index (χ3n) is 2.36. The average molecular weight is 244 g/mol. The molecule has 0 spiro atoms. The van der Waals surface area contributed by atoms with E-state index in [1.807, 2.05) is 6.92 Å². The summed E-state index contributed by atoms with van der Waals surface area (Å²) in [4.78, 5) is 0. The number of benzene rings is 2. The minimum Gasteiger partial charge on any atom is -0.508 e. The Hall–Kier alpha value is -2.56. The summed E-state index contributed by atoms with van der Waals surface area (Å²) in [6.45, 7) is 1.87. The van der Waals surface area contributed by atoms with Gasteiger partial charge in [0.2, 0.25) is 0 Å². The summed E-state index contributed by atoms with van der Waals surface area (Å²) in [6, 6.07) is 8.96. The summed E-state index contributed by atoms with van der Waals surface area (Å²) in [6.07, 6.45) is 0. The van der Waals surface area contributed by atoms with Crippen LogP contribution in [0, 0.1) is 6.92 Å². The number of azo groups is 1. The number of rotatable bonds is 2. The number of phenols is 3. The van der Waals surface area contributed by atoms with E-state index in [-0.39, 0.29) is 22.9 Å². The van der Waals surface area contributed by atoms with E-state index < -0.39 is 0 Å². The Morgan fingerprint density at radius 3 is 2.22 bits per heavy atom. The third-order valence-corrected chi connectivity index (χ3v) is 2.36. The molecule has 92 valence electrons. The van der Waals surface area contributed by atoms with E-state index in [2.05, 4.69) is 10.2 Å². The number of hydrogen-bond acceptors (Lipinski definition) is 5. The van der Waals surface area contributed by atoms with Crippen LogP contribution in [0.4, 0.5) is 11.4 Å². The first-order valence-corrected chi connectivity index (χ1v) is 5.29. The first-order chi connectivity index (χ1) is 8.56. The van der Waals surface area contributed by atoms with Crippen LogP contribution in [0.1, 0.15) is 5.56 Å². The maximum Gasteiger partial charge on any atom is 0.146 e. The highest BCUT2D eigenvalue weighted by Crippen LogP contribution is 2.33. The molecule has 2 aromatic rings. The van der Waals surface area contributed by atoms with Crippen molar-refractivity contribution in [3.63, 3.8) is 0 Å². The fraction of sp³-hybridized carbons (Fsp3) is 0.0769. The first-order valence-electron chi connectivity index (χ1n) is 5.29. The monoisotopic (exact) mass is 244 g/mol. The molecule has 0 heterocycles. The predicted molar refractivity (Wildman–Crippen MR) is 66.8 cm³/mol. The van der Waals surface area contributed by atoms with Crippen LogP contribution in [0.15, 0.2) is 46.6 Å². The van der Waals surface area contributed by atoms with Crippen molar-refractivity contribution >= 4 is 11.4 Å². The lowest BCUT2D eigenvalue weighted by Gasteiger charge is -2.00. The second-order valence-corrected chi connectivity index (χ2v) is 3.87. The molecule has 0 saturated carbocycles. The second-order valence-electron chi connectivity index (χ2n) is 3.87. The fourth-order valence-electron chi connectivity index (χ4n) is 1.42. The average Bonchev–Trinajstić information content (AvgIpc) is 2.32. The third kappa shape index (κ3) is 2.57. The number of aromatic hydroxyl groups is 3. The summed E-state index contributed by atoms with van der Waals surface area (Å²) < 4.78 is 0. The van der Waals surface area contributed by atoms with Crippen molar-refractivity contribution in [1.29, 1.82) is 0 Å². The molecule has 0 bridgehead atoms. The van der Waals surface area contributed by atoms with Gasteiger partial charge in [0.25, 0.3) is 0 Å². The van der Waals surface area contributed by atoms with Crippen molar-refractivity contribution in [3.8, 4) is 17.2 Å². The SMILES string of the molecule is Cc1ccc(O)c(N=Nc2ccc(O)cc2O)c1. The molecule has 2 rings (SSSR count). The second kappa shape index (κ2) is 4.75. The lowest BCUT2D eigenvalue weighted by molar-refractivity contribution is 0.451. The topological polar surface area (TPSA) is 85.4 Å². The van der Waals surface area contributed by atoms with Crippen LogP contribution in [0.3, 0.4) is 0 Å². The summed E-state index contributed by atoms with van der Waals surface area (Å²) in [5.74, 6) is -0.210. The van der Waals surface area contributed by atoms with Gasteiger partial charge < -0.3 is 15.3 Å². The van der Waals surface area contributed by atoms with Gasteiger partial charge in [0.1, 0.15) is 28.6 Å². The van der Waals surface area contributed by atoms with Crippen LogP contribution in [0.5, 0.6) is 17.2 Å². The van der Waals surface area contributed by atoms with Crippen molar-refractivity contribution in [2.45, 2.75) is 6.92 Å². The van der Waals surface area contributed by atoms with Crippen LogP contribution >= 0.6 is 0 Å². The quantitative estimate of drug-likeness (QED) is 0.706. The highest BCUT2D eigenvalue weighted by atomic mass is 16.3. The summed E-state index contributed by atoms with van der Waals surface area (Å²) in [5.41, 5.74) is 1.48. The van der Waals surface area contributed by atoms with E-state index in [0.717, 1.165) is 5.56 Å². The molecule has 0 unspecified atom stereocenters. The Kier molecular flexibility index (Phi) is 3.14. The van der Waals surface area contributed by atoms with Crippen molar-refractivity contribution in [2.24, 2.45) is 10.2 Å². The molecule has 0 aliphatic rings. The van der Waals surface area contributed by atoms with E-state index >= 15 is 0 Å². The van der Waals surface area contributed by atoms with Crippen LogP contribution in [-0.2, 0) is 0 Å². The molecule has 0 radical (unpaired) electrons. The van der Waals surface area contributed by atoms with E-state index in [9.17, 15) is 10.2 Å². The van der Waals surface area contributed by atoms with Crippen LogP contribution in [0.25, 0.3) is 0 Å². The normalized spacial score (nSPS) is 10.9. The van der Waals surface area contributed by atoms with Crippen LogP contribution in [0.2, 0.25) is 0 Å². The van der Waals surface area contributed by atoms with Crippen molar-refractivity contribution < 1.29 is 15.3 Å². The summed E-state index contributed by atoms with van der Waals surface area (Å²) in [7, 11) is 0. The van der Waals surface area contributed by atoms with Crippen LogP contribution in [-0.4, -0.2) is 15.3 Å². The van der Waals surface area contributed by atoms with Gasteiger partial charge in [-0.2, -0.15) is 0 Å². The molecule has 0 aromatic heterocycles. The maximum absolute atomic E-state index is 9.57. The Morgan fingerprint density at radius 1 is 0.778 bits per heavy atom. The van der Waals surface area contributed by atoms with E-state index in [4.69, 9.17) is 5.11 Å². The first kappa shape index (κ1) is 11.9. The zero-order valence-electron chi connectivity index (χ0n) is 9.70. The molecule has 0 aliphatic carbocycles. The molecule has 0 saturated heterocycles. The van der Waals surface area contributed by atoms with Crippen molar-refractivity contribution in [1.82, 2.24) is 0 Å². The minimum atomic E-state index is -0.175. The molecule has 0 amide bonds. The number of aryl methyl sites for hydroxylation is 1. The molecule has 0 aliphatic heterocycles. The Labute approximate surface area is 104 Å². The molecule has 2 aromatic carbocycles. The molecule has 3 N–H and O–H groups in total. The van der Waals surface area contributed by atoms with Gasteiger partial charge in [0.15, 0.2) is 0 Å². The van der Waals surface area contributed by atoms with Gasteiger partial charge in [-0.1, -0.05) is 6.07 Å². The molecular formula is C13H12N2O3. The van der Waals surface area contributed by atoms with Gasteiger partial charge in [-0.3, -0.25) is 0 Å². The highest BCUT2D eigenvalue weighted by Gasteiger charge is 2.02. The van der Waals surface area contributed by atoms with Crippen molar-refractivity contribution in [2.75, 3.05) is 0 Å². The standard InChI is InChI=1S/C13H12N2O3/c1-8-2-5-12(17)11(6-8)15-14-10-4-3-9(16)7-13(10)18/h2-7,16-18H,1H3. The lowest BCUT2D eigenvalue weighted by Crippen LogP contribution is -1.72. The van der Waals surface area contributed by atoms with E-state index in [0.29, 0.717) is 5.69 Å². The van der Waals surface area contributed by atoms with Gasteiger partial charge >= 0.3 is 0 Å². The largest absolute Gasteiger partial charge is 0.508 e. The zero-order chi connectivity index (χ0) is 13.1. The molecule has 5 nitrogen and oxygen atoms in total. The molecule has 0 fully saturated rings. The molecule has 18 heavy (non-hydrogen) atoms. The van der Waals surface area contributed by atoms with E-state index in [1.165, 1.54) is 24.3 Å². The Balaban J connectivity index is 2.32. The predicted octanol–water partition coefficient (Wildman–Crippen LogP) is 3.53. The van der Waals surface area contributed by atoms with Crippen LogP contribution < -0.4 is 0 Å². The fourth-order valence-corrected chi connectivity index (χ4v) is 1.42. The lowest BCUT2D eigenvalue weighted by atomic mass is 10.2. The van der Waals surface area contributed by atoms with Gasteiger partial charge in [-0.15, -0.1) is 10.2 Å². The summed E-state index contributed by atoms with van der Waals surface area (Å²) in [5, 5.41) is 35.9. The van der Waals surface area contributed by atoms with E-state index in [1.54, 1.807) is 12.1 Å². The Bertz CT molecular complexity index is 609. The number of nitrogens with zero attached hydrogens (tertiary/aromatic N) is 2. The number of hydrogen-bond donors (Lipinski definition) is 3. The minimum absolute atomic E-state index is 0.0163. The number of phenolic OH excluding ortho intramolecular Hbond substituents is 3. The summed E-state index contributed by atoms with van der Waals surface area (Å²) >= 11 is 0. The molecule has 5 heteroatoms. The molecule has 0 atom stereocenters. The van der Waals surface area contributed by atoms with Crippen molar-refractivity contribution in [3.05, 3.63) is 42.0 Å². The van der Waals surface area contributed by atoms with Gasteiger partial charge in [0.05, 0.1) is 0 Å². The highest BCUT2D eigenvalue weighted by molar-refractivity contribution is 5.56. The zero-order valence-corrected chi connectivity index (χ0v) is 9.70. The van der Waals surface area contributed by atoms with Gasteiger partial charge in [-0.25, -0.2) is 0 Å². The van der Waals surface area contributed by atoms with Gasteiger partial charge in [-0.05, 0) is 36.8 Å². The van der Waals surface area contributed by atoms with Gasteiger partial charge in [0, 0.05) is 6.07 Å². The smallest absolute Gasteiger partial charge is 0.146 e.